The molecule has 0 atom stereocenters. The van der Waals surface area contributed by atoms with Gasteiger partial charge in [-0.25, -0.2) is 15.0 Å². The van der Waals surface area contributed by atoms with Gasteiger partial charge in [0.25, 0.3) is 0 Å². The maximum Gasteiger partial charge on any atom is 0.227 e. The molecule has 0 unspecified atom stereocenters. The zero-order chi connectivity index (χ0) is 14.8. The van der Waals surface area contributed by atoms with Crippen LogP contribution in [0.3, 0.4) is 0 Å². The molecule has 5 heteroatoms. The van der Waals surface area contributed by atoms with Gasteiger partial charge in [0.15, 0.2) is 0 Å². The first-order valence-corrected chi connectivity index (χ1v) is 7.71. The summed E-state index contributed by atoms with van der Waals surface area (Å²) in [5.74, 6) is 0.572. The summed E-state index contributed by atoms with van der Waals surface area (Å²) in [6.45, 7) is 0. The fourth-order valence-corrected chi connectivity index (χ4v) is 3.11. The molecule has 2 aromatic heterocycles. The van der Waals surface area contributed by atoms with E-state index >= 15 is 0 Å². The van der Waals surface area contributed by atoms with Crippen molar-refractivity contribution >= 4 is 33.2 Å². The van der Waals surface area contributed by atoms with Gasteiger partial charge in [-0.1, -0.05) is 30.3 Å². The topological polar surface area (TPSA) is 50.7 Å². The number of nitrogens with zero attached hydrogens (tertiary/aromatic N) is 3. The van der Waals surface area contributed by atoms with Crippen LogP contribution in [0.1, 0.15) is 0 Å². The molecule has 0 aliphatic carbocycles. The molecular weight excluding hydrogens is 292 g/mol. The molecule has 0 spiro atoms. The van der Waals surface area contributed by atoms with Crippen LogP contribution in [0.4, 0.5) is 11.6 Å². The van der Waals surface area contributed by atoms with E-state index < -0.39 is 0 Å². The molecule has 0 amide bonds. The van der Waals surface area contributed by atoms with E-state index in [0.717, 1.165) is 26.6 Å². The lowest BCUT2D eigenvalue weighted by Crippen LogP contribution is -1.97. The van der Waals surface area contributed by atoms with Crippen LogP contribution in [-0.2, 0) is 0 Å². The number of para-hydroxylation sites is 2. The van der Waals surface area contributed by atoms with Gasteiger partial charge < -0.3 is 5.32 Å². The third-order valence-electron chi connectivity index (χ3n) is 3.20. The van der Waals surface area contributed by atoms with Crippen molar-refractivity contribution in [3.8, 4) is 10.7 Å². The van der Waals surface area contributed by atoms with Crippen molar-refractivity contribution in [2.24, 2.45) is 0 Å². The van der Waals surface area contributed by atoms with Gasteiger partial charge >= 0.3 is 0 Å². The predicted octanol–water partition coefficient (Wildman–Crippen LogP) is 4.50. The average molecular weight is 304 g/mol. The van der Waals surface area contributed by atoms with Crippen LogP contribution in [0, 0.1) is 0 Å². The van der Waals surface area contributed by atoms with Crippen LogP contribution in [0.15, 0.2) is 66.9 Å². The minimum absolute atomic E-state index is 0.572. The van der Waals surface area contributed by atoms with Crippen molar-refractivity contribution in [2.75, 3.05) is 5.32 Å². The molecule has 0 bridgehead atoms. The lowest BCUT2D eigenvalue weighted by molar-refractivity contribution is 1.17. The van der Waals surface area contributed by atoms with E-state index in [9.17, 15) is 0 Å². The molecular formula is C17H12N4S. The summed E-state index contributed by atoms with van der Waals surface area (Å²) in [5, 5.41) is 4.10. The van der Waals surface area contributed by atoms with Crippen molar-refractivity contribution in [3.63, 3.8) is 0 Å². The van der Waals surface area contributed by atoms with E-state index in [1.165, 1.54) is 0 Å². The molecule has 4 aromatic rings. The van der Waals surface area contributed by atoms with E-state index in [1.807, 2.05) is 54.6 Å². The summed E-state index contributed by atoms with van der Waals surface area (Å²) >= 11 is 1.64. The Labute approximate surface area is 131 Å². The first kappa shape index (κ1) is 12.9. The Balaban J connectivity index is 1.69. The van der Waals surface area contributed by atoms with Crippen LogP contribution in [-0.4, -0.2) is 15.0 Å². The average Bonchev–Trinajstić information content (AvgIpc) is 3.00. The number of thiazole rings is 1. The SMILES string of the molecule is c1ccc(Nc2nccc(-c3nc4ccccc4s3)n2)cc1. The largest absolute Gasteiger partial charge is 0.324 e. The minimum atomic E-state index is 0.572. The first-order valence-electron chi connectivity index (χ1n) is 6.89. The Bertz CT molecular complexity index is 885. The second kappa shape index (κ2) is 5.54. The van der Waals surface area contributed by atoms with Crippen LogP contribution in [0.5, 0.6) is 0 Å². The Hall–Kier alpha value is -2.79. The summed E-state index contributed by atoms with van der Waals surface area (Å²) in [4.78, 5) is 13.5. The van der Waals surface area contributed by atoms with E-state index in [0.29, 0.717) is 5.95 Å². The number of aromatic nitrogens is 3. The third kappa shape index (κ3) is 2.54. The van der Waals surface area contributed by atoms with Gasteiger partial charge in [-0.15, -0.1) is 11.3 Å². The molecule has 4 rings (SSSR count). The van der Waals surface area contributed by atoms with Crippen LogP contribution < -0.4 is 5.32 Å². The molecule has 4 nitrogen and oxygen atoms in total. The summed E-state index contributed by atoms with van der Waals surface area (Å²) in [6.07, 6.45) is 1.75. The standard InChI is InChI=1S/C17H12N4S/c1-2-6-12(7-3-1)19-17-18-11-10-14(21-17)16-20-13-8-4-5-9-15(13)22-16/h1-11H,(H,18,19,21). The molecule has 2 heterocycles. The molecule has 106 valence electrons. The van der Waals surface area contributed by atoms with Crippen molar-refractivity contribution in [2.45, 2.75) is 0 Å². The van der Waals surface area contributed by atoms with Crippen molar-refractivity contribution in [3.05, 3.63) is 66.9 Å². The molecule has 0 saturated heterocycles. The van der Waals surface area contributed by atoms with Gasteiger partial charge in [0.2, 0.25) is 5.95 Å². The molecule has 1 N–H and O–H groups in total. The number of hydrogen-bond donors (Lipinski definition) is 1. The number of rotatable bonds is 3. The van der Waals surface area contributed by atoms with Gasteiger partial charge in [0.1, 0.15) is 10.7 Å². The molecule has 0 radical (unpaired) electrons. The molecule has 0 aliphatic rings. The monoisotopic (exact) mass is 304 g/mol. The van der Waals surface area contributed by atoms with Gasteiger partial charge in [0.05, 0.1) is 10.2 Å². The quantitative estimate of drug-likeness (QED) is 0.605. The summed E-state index contributed by atoms with van der Waals surface area (Å²) in [6, 6.07) is 19.9. The summed E-state index contributed by atoms with van der Waals surface area (Å²) in [7, 11) is 0. The molecule has 0 saturated carbocycles. The normalized spacial score (nSPS) is 10.7. The highest BCUT2D eigenvalue weighted by molar-refractivity contribution is 7.21. The lowest BCUT2D eigenvalue weighted by Gasteiger charge is -2.04. The smallest absolute Gasteiger partial charge is 0.227 e. The Kier molecular flexibility index (Phi) is 3.25. The lowest BCUT2D eigenvalue weighted by atomic mass is 10.3. The predicted molar refractivity (Wildman–Crippen MR) is 90.4 cm³/mol. The fraction of sp³-hybridized carbons (Fsp3) is 0. The number of anilines is 2. The number of nitrogens with one attached hydrogen (secondary N) is 1. The molecule has 0 fully saturated rings. The maximum atomic E-state index is 4.63. The van der Waals surface area contributed by atoms with Crippen LogP contribution >= 0.6 is 11.3 Å². The fourth-order valence-electron chi connectivity index (χ4n) is 2.17. The van der Waals surface area contributed by atoms with Crippen molar-refractivity contribution in [1.29, 1.82) is 0 Å². The number of fused-ring (bicyclic) bond motifs is 1. The highest BCUT2D eigenvalue weighted by Crippen LogP contribution is 2.29. The van der Waals surface area contributed by atoms with E-state index in [-0.39, 0.29) is 0 Å². The van der Waals surface area contributed by atoms with E-state index in [4.69, 9.17) is 0 Å². The number of benzene rings is 2. The minimum Gasteiger partial charge on any atom is -0.324 e. The molecule has 22 heavy (non-hydrogen) atoms. The van der Waals surface area contributed by atoms with Gasteiger partial charge in [-0.2, -0.15) is 0 Å². The van der Waals surface area contributed by atoms with Crippen molar-refractivity contribution in [1.82, 2.24) is 15.0 Å². The molecule has 0 aliphatic heterocycles. The van der Waals surface area contributed by atoms with Crippen LogP contribution in [0.2, 0.25) is 0 Å². The highest BCUT2D eigenvalue weighted by Gasteiger charge is 2.08. The Morgan fingerprint density at radius 2 is 1.64 bits per heavy atom. The Morgan fingerprint density at radius 3 is 2.50 bits per heavy atom. The Morgan fingerprint density at radius 1 is 0.818 bits per heavy atom. The van der Waals surface area contributed by atoms with Crippen LogP contribution in [0.25, 0.3) is 20.9 Å². The zero-order valence-corrected chi connectivity index (χ0v) is 12.4. The summed E-state index contributed by atoms with van der Waals surface area (Å²) in [5.41, 5.74) is 2.79. The van der Waals surface area contributed by atoms with E-state index in [1.54, 1.807) is 17.5 Å². The second-order valence-electron chi connectivity index (χ2n) is 4.74. The van der Waals surface area contributed by atoms with E-state index in [2.05, 4.69) is 26.3 Å². The third-order valence-corrected chi connectivity index (χ3v) is 4.26. The van der Waals surface area contributed by atoms with Gasteiger partial charge in [-0.3, -0.25) is 0 Å². The maximum absolute atomic E-state index is 4.63. The summed E-state index contributed by atoms with van der Waals surface area (Å²) < 4.78 is 1.16. The number of hydrogen-bond acceptors (Lipinski definition) is 5. The van der Waals surface area contributed by atoms with Gasteiger partial charge in [-0.05, 0) is 30.3 Å². The first-order chi connectivity index (χ1) is 10.9. The molecule has 2 aromatic carbocycles. The zero-order valence-electron chi connectivity index (χ0n) is 11.6. The second-order valence-corrected chi connectivity index (χ2v) is 5.77. The van der Waals surface area contributed by atoms with Crippen molar-refractivity contribution < 1.29 is 0 Å². The highest BCUT2D eigenvalue weighted by atomic mass is 32.1. The van der Waals surface area contributed by atoms with Gasteiger partial charge in [0, 0.05) is 11.9 Å².